The maximum absolute atomic E-state index is 14.4. The number of amides is 2. The van der Waals surface area contributed by atoms with Gasteiger partial charge in [0.05, 0.1) is 11.7 Å². The fourth-order valence-corrected chi connectivity index (χ4v) is 3.59. The molecular formula is C23H19F2N5O2. The molecule has 32 heavy (non-hydrogen) atoms. The summed E-state index contributed by atoms with van der Waals surface area (Å²) < 4.78 is 29.2. The lowest BCUT2D eigenvalue weighted by Crippen LogP contribution is -2.24. The van der Waals surface area contributed by atoms with Gasteiger partial charge in [0.2, 0.25) is 0 Å². The first-order chi connectivity index (χ1) is 15.3. The van der Waals surface area contributed by atoms with Gasteiger partial charge in [-0.25, -0.2) is 13.6 Å². The van der Waals surface area contributed by atoms with Gasteiger partial charge in [0, 0.05) is 42.4 Å². The highest BCUT2D eigenvalue weighted by atomic mass is 19.1. The normalized spacial score (nSPS) is 10.9. The van der Waals surface area contributed by atoms with Gasteiger partial charge in [0.15, 0.2) is 0 Å². The van der Waals surface area contributed by atoms with Crippen molar-refractivity contribution < 1.29 is 13.6 Å². The summed E-state index contributed by atoms with van der Waals surface area (Å²) in [6, 6.07) is 9.67. The number of nitrogens with zero attached hydrogens (tertiary/aromatic N) is 3. The Balaban J connectivity index is 1.94. The van der Waals surface area contributed by atoms with E-state index in [9.17, 15) is 18.4 Å². The molecule has 0 bridgehead atoms. The van der Waals surface area contributed by atoms with E-state index in [1.165, 1.54) is 23.9 Å². The third-order valence-corrected chi connectivity index (χ3v) is 5.22. The average molecular weight is 435 g/mol. The van der Waals surface area contributed by atoms with Crippen molar-refractivity contribution >= 4 is 22.6 Å². The van der Waals surface area contributed by atoms with Crippen molar-refractivity contribution in [2.45, 2.75) is 6.92 Å². The van der Waals surface area contributed by atoms with Crippen LogP contribution in [-0.2, 0) is 7.05 Å². The zero-order valence-electron chi connectivity index (χ0n) is 17.5. The van der Waals surface area contributed by atoms with E-state index in [1.807, 2.05) is 6.92 Å². The van der Waals surface area contributed by atoms with Crippen molar-refractivity contribution in [1.82, 2.24) is 20.1 Å². The zero-order valence-corrected chi connectivity index (χ0v) is 17.5. The molecule has 2 amide bonds. The molecule has 0 saturated heterocycles. The first kappa shape index (κ1) is 21.1. The lowest BCUT2D eigenvalue weighted by Gasteiger charge is -2.14. The van der Waals surface area contributed by atoms with Crippen molar-refractivity contribution in [3.05, 3.63) is 76.2 Å². The number of benzene rings is 2. The van der Waals surface area contributed by atoms with Crippen LogP contribution >= 0.6 is 0 Å². The Kier molecular flexibility index (Phi) is 5.40. The monoisotopic (exact) mass is 435 g/mol. The Bertz CT molecular complexity index is 1430. The second kappa shape index (κ2) is 8.18. The topological polar surface area (TPSA) is 88.9 Å². The number of fused-ring (bicyclic) bond motifs is 1. The van der Waals surface area contributed by atoms with Crippen LogP contribution in [0, 0.1) is 18.6 Å². The van der Waals surface area contributed by atoms with Crippen LogP contribution in [0.1, 0.15) is 5.56 Å². The summed E-state index contributed by atoms with van der Waals surface area (Å²) >= 11 is 0. The molecule has 4 aromatic rings. The molecule has 4 rings (SSSR count). The van der Waals surface area contributed by atoms with Crippen molar-refractivity contribution in [3.8, 4) is 22.4 Å². The Morgan fingerprint density at radius 2 is 1.81 bits per heavy atom. The van der Waals surface area contributed by atoms with E-state index in [4.69, 9.17) is 0 Å². The van der Waals surface area contributed by atoms with E-state index in [2.05, 4.69) is 20.8 Å². The van der Waals surface area contributed by atoms with E-state index in [-0.39, 0.29) is 22.8 Å². The molecule has 0 aliphatic carbocycles. The Morgan fingerprint density at radius 1 is 1.03 bits per heavy atom. The standard InChI is InChI=1S/C23H19F2N5O2/c1-12-4-6-15(28-23(32)26-2)10-17(12)18-8-13-11-27-29-20(21(13)30(3)22(18)31)16-7-5-14(24)9-19(16)25/h4-11H,1-3H3,(H2,26,28,32). The van der Waals surface area contributed by atoms with Crippen LogP contribution in [0.4, 0.5) is 19.3 Å². The van der Waals surface area contributed by atoms with Crippen LogP contribution in [0.25, 0.3) is 33.3 Å². The molecule has 0 aliphatic rings. The SMILES string of the molecule is CNC(=O)Nc1ccc(C)c(-c2cc3cnnc(-c4ccc(F)cc4F)c3n(C)c2=O)c1. The van der Waals surface area contributed by atoms with E-state index >= 15 is 0 Å². The molecule has 0 fully saturated rings. The molecule has 0 saturated carbocycles. The first-order valence-electron chi connectivity index (χ1n) is 9.70. The number of hydrogen-bond donors (Lipinski definition) is 2. The summed E-state index contributed by atoms with van der Waals surface area (Å²) in [6.45, 7) is 1.85. The molecule has 162 valence electrons. The van der Waals surface area contributed by atoms with Crippen LogP contribution < -0.4 is 16.2 Å². The smallest absolute Gasteiger partial charge is 0.318 e. The summed E-state index contributed by atoms with van der Waals surface area (Å²) in [4.78, 5) is 25.0. The third kappa shape index (κ3) is 3.68. The summed E-state index contributed by atoms with van der Waals surface area (Å²) in [5.41, 5.74) is 2.58. The molecule has 0 spiro atoms. The lowest BCUT2D eigenvalue weighted by atomic mass is 9.99. The molecule has 0 aliphatic heterocycles. The number of urea groups is 1. The van der Waals surface area contributed by atoms with Crippen LogP contribution in [0.3, 0.4) is 0 Å². The molecule has 7 nitrogen and oxygen atoms in total. The lowest BCUT2D eigenvalue weighted by molar-refractivity contribution is 0.254. The van der Waals surface area contributed by atoms with Crippen molar-refractivity contribution in [2.24, 2.45) is 7.05 Å². The number of aromatic nitrogens is 3. The molecule has 2 heterocycles. The van der Waals surface area contributed by atoms with Crippen LogP contribution in [0.5, 0.6) is 0 Å². The van der Waals surface area contributed by atoms with E-state index in [0.717, 1.165) is 17.7 Å². The fraction of sp³-hybridized carbons (Fsp3) is 0.130. The number of hydrogen-bond acceptors (Lipinski definition) is 4. The summed E-state index contributed by atoms with van der Waals surface area (Å²) in [5.74, 6) is -1.51. The van der Waals surface area contributed by atoms with Gasteiger partial charge < -0.3 is 15.2 Å². The van der Waals surface area contributed by atoms with Gasteiger partial charge in [0.25, 0.3) is 5.56 Å². The minimum absolute atomic E-state index is 0.0419. The predicted molar refractivity (Wildman–Crippen MR) is 118 cm³/mol. The largest absolute Gasteiger partial charge is 0.341 e. The number of halogens is 2. The van der Waals surface area contributed by atoms with Gasteiger partial charge in [-0.2, -0.15) is 5.10 Å². The predicted octanol–water partition coefficient (Wildman–Crippen LogP) is 4.00. The number of anilines is 1. The minimum Gasteiger partial charge on any atom is -0.341 e. The summed E-state index contributed by atoms with van der Waals surface area (Å²) in [6.07, 6.45) is 1.48. The number of carbonyl (C=O) groups is 1. The van der Waals surface area contributed by atoms with Crippen molar-refractivity contribution in [1.29, 1.82) is 0 Å². The number of nitrogens with one attached hydrogen (secondary N) is 2. The second-order valence-electron chi connectivity index (χ2n) is 7.28. The molecule has 9 heteroatoms. The third-order valence-electron chi connectivity index (χ3n) is 5.22. The Morgan fingerprint density at radius 3 is 2.53 bits per heavy atom. The van der Waals surface area contributed by atoms with E-state index in [1.54, 1.807) is 31.3 Å². The fourth-order valence-electron chi connectivity index (χ4n) is 3.59. The van der Waals surface area contributed by atoms with Crippen molar-refractivity contribution in [2.75, 3.05) is 12.4 Å². The number of pyridine rings is 1. The molecule has 0 radical (unpaired) electrons. The van der Waals surface area contributed by atoms with Gasteiger partial charge in [-0.15, -0.1) is 5.10 Å². The van der Waals surface area contributed by atoms with Gasteiger partial charge in [-0.1, -0.05) is 6.07 Å². The highest BCUT2D eigenvalue weighted by molar-refractivity contribution is 5.94. The summed E-state index contributed by atoms with van der Waals surface area (Å²) in [7, 11) is 3.06. The zero-order chi connectivity index (χ0) is 23.0. The second-order valence-corrected chi connectivity index (χ2v) is 7.28. The Labute approximate surface area is 181 Å². The van der Waals surface area contributed by atoms with Crippen LogP contribution in [0.15, 0.2) is 53.5 Å². The molecule has 2 aromatic heterocycles. The summed E-state index contributed by atoms with van der Waals surface area (Å²) in [5, 5.41) is 13.7. The number of aryl methyl sites for hydroxylation is 2. The molecule has 2 aromatic carbocycles. The van der Waals surface area contributed by atoms with Gasteiger partial charge in [0.1, 0.15) is 17.3 Å². The van der Waals surface area contributed by atoms with E-state index < -0.39 is 11.6 Å². The number of carbonyl (C=O) groups excluding carboxylic acids is 1. The van der Waals surface area contributed by atoms with Crippen LogP contribution in [0.2, 0.25) is 0 Å². The number of rotatable bonds is 3. The maximum Gasteiger partial charge on any atom is 0.318 e. The molecular weight excluding hydrogens is 416 g/mol. The molecule has 2 N–H and O–H groups in total. The highest BCUT2D eigenvalue weighted by Crippen LogP contribution is 2.31. The van der Waals surface area contributed by atoms with Crippen molar-refractivity contribution in [3.63, 3.8) is 0 Å². The van der Waals surface area contributed by atoms with E-state index in [0.29, 0.717) is 27.7 Å². The quantitative estimate of drug-likeness (QED) is 0.509. The molecule has 0 unspecified atom stereocenters. The minimum atomic E-state index is -0.799. The maximum atomic E-state index is 14.4. The van der Waals surface area contributed by atoms with Crippen LogP contribution in [-0.4, -0.2) is 27.8 Å². The van der Waals surface area contributed by atoms with Gasteiger partial charge in [-0.3, -0.25) is 4.79 Å². The first-order valence-corrected chi connectivity index (χ1v) is 9.70. The molecule has 0 atom stereocenters. The Hall–Kier alpha value is -4.14. The van der Waals surface area contributed by atoms with Gasteiger partial charge >= 0.3 is 6.03 Å². The highest BCUT2D eigenvalue weighted by Gasteiger charge is 2.18. The van der Waals surface area contributed by atoms with Gasteiger partial charge in [-0.05, 0) is 48.4 Å². The average Bonchev–Trinajstić information content (AvgIpc) is 2.77.